The van der Waals surface area contributed by atoms with E-state index in [-0.39, 0.29) is 18.0 Å². The Hall–Kier alpha value is -1.44. The lowest BCUT2D eigenvalue weighted by Crippen LogP contribution is -2.18. The largest absolute Gasteiger partial charge is 0.364 e. The third-order valence-corrected chi connectivity index (χ3v) is 4.28. The van der Waals surface area contributed by atoms with Gasteiger partial charge in [0.05, 0.1) is 11.9 Å². The van der Waals surface area contributed by atoms with Gasteiger partial charge in [0.2, 0.25) is 0 Å². The molecule has 2 unspecified atom stereocenters. The van der Waals surface area contributed by atoms with Crippen LogP contribution in [0, 0.1) is 5.82 Å². The number of hydrogen-bond donors (Lipinski definition) is 1. The van der Waals surface area contributed by atoms with Crippen LogP contribution in [0.2, 0.25) is 0 Å². The van der Waals surface area contributed by atoms with Crippen LogP contribution in [0.4, 0.5) is 4.39 Å². The van der Waals surface area contributed by atoms with Gasteiger partial charge in [0.1, 0.15) is 11.9 Å². The molecule has 2 atom stereocenters. The van der Waals surface area contributed by atoms with E-state index in [0.717, 1.165) is 17.7 Å². The summed E-state index contributed by atoms with van der Waals surface area (Å²) in [4.78, 5) is 5.18. The molecule has 21 heavy (non-hydrogen) atoms. The number of ether oxygens (including phenoxy) is 1. The summed E-state index contributed by atoms with van der Waals surface area (Å²) in [7, 11) is 0. The van der Waals surface area contributed by atoms with E-state index < -0.39 is 0 Å². The van der Waals surface area contributed by atoms with Gasteiger partial charge in [0.25, 0.3) is 5.89 Å². The van der Waals surface area contributed by atoms with Gasteiger partial charge in [0.15, 0.2) is 5.82 Å². The van der Waals surface area contributed by atoms with E-state index in [1.807, 2.05) is 6.07 Å². The molecule has 3 rings (SSSR count). The van der Waals surface area contributed by atoms with Gasteiger partial charge in [-0.05, 0) is 31.0 Å². The molecule has 0 spiro atoms. The highest BCUT2D eigenvalue weighted by molar-refractivity contribution is 7.98. The number of hydrogen-bond acceptors (Lipinski definition) is 6. The Morgan fingerprint density at radius 3 is 3.05 bits per heavy atom. The summed E-state index contributed by atoms with van der Waals surface area (Å²) in [5.74, 6) is 1.36. The van der Waals surface area contributed by atoms with Gasteiger partial charge < -0.3 is 15.0 Å². The standard InChI is InChI=1S/C14H16FN3O2S/c15-9-2-1-3-11(6-9)21-8-13-17-14(20-18-13)12-5-4-10(7-16)19-12/h1-3,6,10,12H,4-5,7-8,16H2. The molecule has 0 bridgehead atoms. The van der Waals surface area contributed by atoms with Gasteiger partial charge >= 0.3 is 0 Å². The van der Waals surface area contributed by atoms with Crippen LogP contribution in [-0.2, 0) is 10.5 Å². The number of thioether (sulfide) groups is 1. The van der Waals surface area contributed by atoms with Crippen molar-refractivity contribution < 1.29 is 13.7 Å². The fraction of sp³-hybridized carbons (Fsp3) is 0.429. The summed E-state index contributed by atoms with van der Waals surface area (Å²) in [6, 6.07) is 6.43. The molecular formula is C14H16FN3O2S. The van der Waals surface area contributed by atoms with Crippen LogP contribution < -0.4 is 5.73 Å². The first kappa shape index (κ1) is 14.5. The Bertz CT molecular complexity index is 607. The van der Waals surface area contributed by atoms with Crippen molar-refractivity contribution in [1.82, 2.24) is 10.1 Å². The molecule has 0 aliphatic carbocycles. The topological polar surface area (TPSA) is 74.2 Å². The quantitative estimate of drug-likeness (QED) is 0.856. The van der Waals surface area contributed by atoms with Crippen LogP contribution in [0.25, 0.3) is 0 Å². The highest BCUT2D eigenvalue weighted by Gasteiger charge is 2.29. The molecule has 112 valence electrons. The Labute approximate surface area is 126 Å². The molecule has 2 N–H and O–H groups in total. The second-order valence-electron chi connectivity index (χ2n) is 4.85. The lowest BCUT2D eigenvalue weighted by atomic mass is 10.2. The van der Waals surface area contributed by atoms with E-state index in [2.05, 4.69) is 10.1 Å². The van der Waals surface area contributed by atoms with Crippen LogP contribution >= 0.6 is 11.8 Å². The second kappa shape index (κ2) is 6.55. The van der Waals surface area contributed by atoms with Crippen molar-refractivity contribution >= 4 is 11.8 Å². The van der Waals surface area contributed by atoms with E-state index in [0.29, 0.717) is 24.0 Å². The van der Waals surface area contributed by atoms with Crippen LogP contribution in [0.15, 0.2) is 33.7 Å². The van der Waals surface area contributed by atoms with Crippen molar-refractivity contribution in [3.05, 3.63) is 41.8 Å². The van der Waals surface area contributed by atoms with Crippen molar-refractivity contribution in [1.29, 1.82) is 0 Å². The van der Waals surface area contributed by atoms with Crippen molar-refractivity contribution in [2.75, 3.05) is 6.54 Å². The predicted molar refractivity (Wildman–Crippen MR) is 76.2 cm³/mol. The number of aromatic nitrogens is 2. The summed E-state index contributed by atoms with van der Waals surface area (Å²) in [5.41, 5.74) is 5.58. The minimum atomic E-state index is -0.249. The van der Waals surface area contributed by atoms with Crippen molar-refractivity contribution in [2.24, 2.45) is 5.73 Å². The molecular weight excluding hydrogens is 293 g/mol. The first-order chi connectivity index (χ1) is 10.2. The Kier molecular flexibility index (Phi) is 4.52. The molecule has 2 heterocycles. The maximum absolute atomic E-state index is 13.1. The SMILES string of the molecule is NCC1CCC(c2nc(CSc3cccc(F)c3)no2)O1. The van der Waals surface area contributed by atoms with Gasteiger partial charge in [-0.2, -0.15) is 4.98 Å². The Balaban J connectivity index is 1.58. The third kappa shape index (κ3) is 3.61. The zero-order valence-electron chi connectivity index (χ0n) is 11.4. The maximum atomic E-state index is 13.1. The average Bonchev–Trinajstić information content (AvgIpc) is 3.14. The molecule has 1 fully saturated rings. The monoisotopic (exact) mass is 309 g/mol. The van der Waals surface area contributed by atoms with Gasteiger partial charge in [-0.1, -0.05) is 11.2 Å². The Morgan fingerprint density at radius 1 is 1.38 bits per heavy atom. The fourth-order valence-corrected chi connectivity index (χ4v) is 3.01. The van der Waals surface area contributed by atoms with Gasteiger partial charge in [0, 0.05) is 11.4 Å². The number of nitrogens with two attached hydrogens (primary N) is 1. The number of nitrogens with zero attached hydrogens (tertiary/aromatic N) is 2. The predicted octanol–water partition coefficient (Wildman–Crippen LogP) is 2.68. The first-order valence-electron chi connectivity index (χ1n) is 6.81. The van der Waals surface area contributed by atoms with Gasteiger partial charge in [-0.25, -0.2) is 4.39 Å². The molecule has 2 aromatic rings. The average molecular weight is 309 g/mol. The van der Waals surface area contributed by atoms with Crippen LogP contribution in [0.5, 0.6) is 0 Å². The summed E-state index contributed by atoms with van der Waals surface area (Å²) >= 11 is 1.46. The lowest BCUT2D eigenvalue weighted by Gasteiger charge is -2.07. The van der Waals surface area contributed by atoms with Crippen LogP contribution in [0.1, 0.15) is 30.7 Å². The van der Waals surface area contributed by atoms with Crippen molar-refractivity contribution in [2.45, 2.75) is 35.7 Å². The minimum Gasteiger partial charge on any atom is -0.364 e. The third-order valence-electron chi connectivity index (χ3n) is 3.29. The fourth-order valence-electron chi connectivity index (χ4n) is 2.22. The highest BCUT2D eigenvalue weighted by atomic mass is 32.2. The number of rotatable bonds is 5. The molecule has 7 heteroatoms. The molecule has 1 aliphatic heterocycles. The van der Waals surface area contributed by atoms with E-state index in [9.17, 15) is 4.39 Å². The molecule has 0 saturated carbocycles. The first-order valence-corrected chi connectivity index (χ1v) is 7.79. The molecule has 5 nitrogen and oxygen atoms in total. The number of halogens is 1. The summed E-state index contributed by atoms with van der Waals surface area (Å²) in [5, 5.41) is 3.94. The minimum absolute atomic E-state index is 0.0759. The zero-order valence-corrected chi connectivity index (χ0v) is 12.2. The van der Waals surface area contributed by atoms with Crippen LogP contribution in [-0.4, -0.2) is 22.8 Å². The smallest absolute Gasteiger partial charge is 0.255 e. The summed E-state index contributed by atoms with van der Waals surface area (Å²) in [6.07, 6.45) is 1.68. The summed E-state index contributed by atoms with van der Waals surface area (Å²) < 4.78 is 24.0. The van der Waals surface area contributed by atoms with E-state index >= 15 is 0 Å². The van der Waals surface area contributed by atoms with E-state index in [1.54, 1.807) is 6.07 Å². The molecule has 0 amide bonds. The second-order valence-corrected chi connectivity index (χ2v) is 5.90. The molecule has 1 aromatic heterocycles. The number of benzene rings is 1. The maximum Gasteiger partial charge on any atom is 0.255 e. The summed E-state index contributed by atoms with van der Waals surface area (Å²) in [6.45, 7) is 0.507. The normalized spacial score (nSPS) is 21.8. The molecule has 1 aliphatic rings. The van der Waals surface area contributed by atoms with Gasteiger partial charge in [-0.15, -0.1) is 11.8 Å². The zero-order chi connectivity index (χ0) is 14.7. The van der Waals surface area contributed by atoms with Crippen molar-refractivity contribution in [3.8, 4) is 0 Å². The van der Waals surface area contributed by atoms with Crippen molar-refractivity contribution in [3.63, 3.8) is 0 Å². The van der Waals surface area contributed by atoms with E-state index in [1.165, 1.54) is 23.9 Å². The Morgan fingerprint density at radius 2 is 2.29 bits per heavy atom. The van der Waals surface area contributed by atoms with Gasteiger partial charge in [-0.3, -0.25) is 0 Å². The molecule has 0 radical (unpaired) electrons. The molecule has 1 saturated heterocycles. The lowest BCUT2D eigenvalue weighted by molar-refractivity contribution is 0.0307. The van der Waals surface area contributed by atoms with E-state index in [4.69, 9.17) is 15.0 Å². The highest BCUT2D eigenvalue weighted by Crippen LogP contribution is 2.31. The van der Waals surface area contributed by atoms with Crippen LogP contribution in [0.3, 0.4) is 0 Å². The molecule has 1 aromatic carbocycles.